The quantitative estimate of drug-likeness (QED) is 0.627. The molecular weight excluding hydrogens is 401 g/mol. The SMILES string of the molecule is O=C(Cc1csc(-c2ccccc2)n1)NCC(c1ccc(F)cc1)N1CCOCC1. The van der Waals surface area contributed by atoms with Crippen LogP contribution in [0.2, 0.25) is 0 Å². The number of nitrogens with one attached hydrogen (secondary N) is 1. The molecule has 1 unspecified atom stereocenters. The summed E-state index contributed by atoms with van der Waals surface area (Å²) >= 11 is 1.54. The number of rotatable bonds is 7. The third-order valence-electron chi connectivity index (χ3n) is 5.15. The van der Waals surface area contributed by atoms with Gasteiger partial charge in [0.25, 0.3) is 0 Å². The van der Waals surface area contributed by atoms with Crippen LogP contribution in [0.5, 0.6) is 0 Å². The zero-order chi connectivity index (χ0) is 20.8. The van der Waals surface area contributed by atoms with Gasteiger partial charge in [0, 0.05) is 30.6 Å². The first-order valence-electron chi connectivity index (χ1n) is 10.0. The summed E-state index contributed by atoms with van der Waals surface area (Å²) in [4.78, 5) is 19.4. The zero-order valence-electron chi connectivity index (χ0n) is 16.6. The van der Waals surface area contributed by atoms with Crippen molar-refractivity contribution in [3.63, 3.8) is 0 Å². The number of aromatic nitrogens is 1. The van der Waals surface area contributed by atoms with Crippen molar-refractivity contribution in [3.05, 3.63) is 77.1 Å². The van der Waals surface area contributed by atoms with Gasteiger partial charge >= 0.3 is 0 Å². The average molecular weight is 426 g/mol. The summed E-state index contributed by atoms with van der Waals surface area (Å²) in [6.07, 6.45) is 0.239. The molecule has 2 aromatic carbocycles. The first kappa shape index (κ1) is 20.7. The number of hydrogen-bond acceptors (Lipinski definition) is 5. The summed E-state index contributed by atoms with van der Waals surface area (Å²) in [5, 5.41) is 5.88. The van der Waals surface area contributed by atoms with Crippen LogP contribution in [0.3, 0.4) is 0 Å². The summed E-state index contributed by atoms with van der Waals surface area (Å²) in [5.74, 6) is -0.332. The third kappa shape index (κ3) is 5.30. The van der Waals surface area contributed by atoms with E-state index in [4.69, 9.17) is 4.74 Å². The average Bonchev–Trinajstić information content (AvgIpc) is 3.25. The molecule has 1 aliphatic rings. The Morgan fingerprint density at radius 3 is 2.60 bits per heavy atom. The van der Waals surface area contributed by atoms with Crippen LogP contribution in [-0.2, 0) is 16.0 Å². The highest BCUT2D eigenvalue weighted by molar-refractivity contribution is 7.13. The maximum Gasteiger partial charge on any atom is 0.226 e. The molecule has 30 heavy (non-hydrogen) atoms. The Bertz CT molecular complexity index is 956. The number of benzene rings is 2. The Morgan fingerprint density at radius 1 is 1.13 bits per heavy atom. The fraction of sp³-hybridized carbons (Fsp3) is 0.304. The van der Waals surface area contributed by atoms with Gasteiger partial charge in [0.1, 0.15) is 10.8 Å². The third-order valence-corrected chi connectivity index (χ3v) is 6.09. The number of carbonyl (C=O) groups is 1. The molecule has 1 saturated heterocycles. The van der Waals surface area contributed by atoms with E-state index in [1.165, 1.54) is 12.1 Å². The van der Waals surface area contributed by atoms with Crippen molar-refractivity contribution in [2.45, 2.75) is 12.5 Å². The van der Waals surface area contributed by atoms with Gasteiger partial charge in [0.15, 0.2) is 0 Å². The van der Waals surface area contributed by atoms with Crippen molar-refractivity contribution in [2.24, 2.45) is 0 Å². The molecule has 1 aliphatic heterocycles. The maximum atomic E-state index is 13.4. The van der Waals surface area contributed by atoms with Crippen molar-refractivity contribution < 1.29 is 13.9 Å². The van der Waals surface area contributed by atoms with E-state index in [9.17, 15) is 9.18 Å². The lowest BCUT2D eigenvalue weighted by atomic mass is 10.0. The van der Waals surface area contributed by atoms with Crippen molar-refractivity contribution in [3.8, 4) is 10.6 Å². The van der Waals surface area contributed by atoms with E-state index in [-0.39, 0.29) is 24.2 Å². The second-order valence-electron chi connectivity index (χ2n) is 7.21. The molecule has 0 aliphatic carbocycles. The molecule has 1 atom stereocenters. The second-order valence-corrected chi connectivity index (χ2v) is 8.06. The fourth-order valence-electron chi connectivity index (χ4n) is 3.57. The molecule has 0 radical (unpaired) electrons. The van der Waals surface area contributed by atoms with Gasteiger partial charge < -0.3 is 10.1 Å². The number of halogens is 1. The lowest BCUT2D eigenvalue weighted by Gasteiger charge is -2.35. The van der Waals surface area contributed by atoms with Crippen molar-refractivity contribution in [1.29, 1.82) is 0 Å². The van der Waals surface area contributed by atoms with E-state index in [0.717, 1.165) is 34.9 Å². The van der Waals surface area contributed by atoms with E-state index < -0.39 is 0 Å². The number of hydrogen-bond donors (Lipinski definition) is 1. The molecule has 1 aromatic heterocycles. The van der Waals surface area contributed by atoms with Crippen LogP contribution in [0.25, 0.3) is 10.6 Å². The van der Waals surface area contributed by atoms with Crippen LogP contribution >= 0.6 is 11.3 Å². The molecule has 156 valence electrons. The number of ether oxygens (including phenoxy) is 1. The van der Waals surface area contributed by atoms with Gasteiger partial charge in [-0.1, -0.05) is 42.5 Å². The molecular formula is C23H24FN3O2S. The molecule has 1 N–H and O–H groups in total. The van der Waals surface area contributed by atoms with Crippen LogP contribution in [-0.4, -0.2) is 48.6 Å². The Labute approximate surface area is 179 Å². The van der Waals surface area contributed by atoms with Gasteiger partial charge in [0.2, 0.25) is 5.91 Å². The molecule has 4 rings (SSSR count). The van der Waals surface area contributed by atoms with Crippen LogP contribution in [0.4, 0.5) is 4.39 Å². The first-order chi connectivity index (χ1) is 14.7. The number of thiazole rings is 1. The van der Waals surface area contributed by atoms with Crippen LogP contribution in [0.15, 0.2) is 60.0 Å². The molecule has 1 fully saturated rings. The van der Waals surface area contributed by atoms with E-state index in [1.54, 1.807) is 23.5 Å². The van der Waals surface area contributed by atoms with E-state index >= 15 is 0 Å². The minimum Gasteiger partial charge on any atom is -0.379 e. The first-order valence-corrected chi connectivity index (χ1v) is 10.9. The Balaban J connectivity index is 1.39. The van der Waals surface area contributed by atoms with Gasteiger partial charge in [-0.25, -0.2) is 9.37 Å². The predicted octanol–water partition coefficient (Wildman–Crippen LogP) is 3.68. The normalized spacial score (nSPS) is 15.6. The largest absolute Gasteiger partial charge is 0.379 e. The summed E-state index contributed by atoms with van der Waals surface area (Å²) < 4.78 is 18.8. The minimum atomic E-state index is -0.263. The Kier molecular flexibility index (Phi) is 6.84. The molecule has 1 amide bonds. The maximum absolute atomic E-state index is 13.4. The number of morpholine rings is 1. The zero-order valence-corrected chi connectivity index (χ0v) is 17.4. The van der Waals surface area contributed by atoms with Gasteiger partial charge in [-0.3, -0.25) is 9.69 Å². The van der Waals surface area contributed by atoms with Gasteiger partial charge in [-0.05, 0) is 17.7 Å². The highest BCUT2D eigenvalue weighted by Gasteiger charge is 2.23. The standard InChI is InChI=1S/C23H24FN3O2S/c24-19-8-6-17(7-9-19)21(27-10-12-29-13-11-27)15-25-22(28)14-20-16-30-23(26-20)18-4-2-1-3-5-18/h1-9,16,21H,10-15H2,(H,25,28). The summed E-state index contributed by atoms with van der Waals surface area (Å²) in [5.41, 5.74) is 2.80. The van der Waals surface area contributed by atoms with E-state index in [0.29, 0.717) is 19.8 Å². The van der Waals surface area contributed by atoms with Crippen LogP contribution < -0.4 is 5.32 Å². The lowest BCUT2D eigenvalue weighted by molar-refractivity contribution is -0.120. The molecule has 0 spiro atoms. The molecule has 0 bridgehead atoms. The molecule has 2 heterocycles. The van der Waals surface area contributed by atoms with E-state index in [2.05, 4.69) is 15.2 Å². The fourth-order valence-corrected chi connectivity index (χ4v) is 4.40. The molecule has 3 aromatic rings. The summed E-state index contributed by atoms with van der Waals surface area (Å²) in [6, 6.07) is 16.4. The molecule has 5 nitrogen and oxygen atoms in total. The van der Waals surface area contributed by atoms with Crippen LogP contribution in [0.1, 0.15) is 17.3 Å². The van der Waals surface area contributed by atoms with Crippen molar-refractivity contribution in [2.75, 3.05) is 32.8 Å². The highest BCUT2D eigenvalue weighted by Crippen LogP contribution is 2.24. The predicted molar refractivity (Wildman–Crippen MR) is 116 cm³/mol. The van der Waals surface area contributed by atoms with Crippen molar-refractivity contribution in [1.82, 2.24) is 15.2 Å². The molecule has 0 saturated carbocycles. The second kappa shape index (κ2) is 9.93. The topological polar surface area (TPSA) is 54.5 Å². The van der Waals surface area contributed by atoms with Crippen LogP contribution in [0, 0.1) is 5.82 Å². The smallest absolute Gasteiger partial charge is 0.226 e. The van der Waals surface area contributed by atoms with Gasteiger partial charge in [0.05, 0.1) is 31.4 Å². The number of amides is 1. The van der Waals surface area contributed by atoms with Crippen molar-refractivity contribution >= 4 is 17.2 Å². The van der Waals surface area contributed by atoms with Gasteiger partial charge in [-0.2, -0.15) is 0 Å². The lowest BCUT2D eigenvalue weighted by Crippen LogP contribution is -2.44. The Hall–Kier alpha value is -2.61. The number of carbonyl (C=O) groups excluding carboxylic acids is 1. The van der Waals surface area contributed by atoms with Gasteiger partial charge in [-0.15, -0.1) is 11.3 Å². The summed E-state index contributed by atoms with van der Waals surface area (Å²) in [7, 11) is 0. The minimum absolute atomic E-state index is 0.0197. The van der Waals surface area contributed by atoms with E-state index in [1.807, 2.05) is 35.7 Å². The monoisotopic (exact) mass is 425 g/mol. The molecule has 7 heteroatoms. The highest BCUT2D eigenvalue weighted by atomic mass is 32.1. The summed E-state index contributed by atoms with van der Waals surface area (Å²) in [6.45, 7) is 3.34. The number of nitrogens with zero attached hydrogens (tertiary/aromatic N) is 2. The Morgan fingerprint density at radius 2 is 1.87 bits per heavy atom.